The first-order valence-electron chi connectivity index (χ1n) is 8.27. The molecule has 1 aromatic rings. The van der Waals surface area contributed by atoms with Crippen LogP contribution in [0.5, 0.6) is 0 Å². The molecule has 3 nitrogen and oxygen atoms in total. The molecule has 0 aromatic heterocycles. The Hall–Kier alpha value is -1.35. The van der Waals surface area contributed by atoms with Crippen LogP contribution < -0.4 is 5.32 Å². The average Bonchev–Trinajstić information content (AvgIpc) is 2.45. The van der Waals surface area contributed by atoms with Crippen LogP contribution in [0.3, 0.4) is 0 Å². The smallest absolute Gasteiger partial charge is 0.228 e. The maximum Gasteiger partial charge on any atom is 0.228 e. The summed E-state index contributed by atoms with van der Waals surface area (Å²) in [5.74, 6) is 1.43. The molecule has 0 atom stereocenters. The fraction of sp³-hybridized carbons (Fsp3) is 0.611. The van der Waals surface area contributed by atoms with Crippen molar-refractivity contribution in [1.82, 2.24) is 10.2 Å². The lowest BCUT2D eigenvalue weighted by Crippen LogP contribution is -2.53. The van der Waals surface area contributed by atoms with E-state index < -0.39 is 0 Å². The Labute approximate surface area is 127 Å². The summed E-state index contributed by atoms with van der Waals surface area (Å²) < 4.78 is 0. The fourth-order valence-corrected chi connectivity index (χ4v) is 3.29. The van der Waals surface area contributed by atoms with Gasteiger partial charge in [-0.2, -0.15) is 0 Å². The van der Waals surface area contributed by atoms with Gasteiger partial charge in [-0.1, -0.05) is 29.8 Å². The molecule has 2 aliphatic rings. The number of aryl methyl sites for hydroxylation is 2. The first kappa shape index (κ1) is 14.6. The molecule has 3 heteroatoms. The molecule has 0 saturated carbocycles. The van der Waals surface area contributed by atoms with Gasteiger partial charge in [-0.25, -0.2) is 0 Å². The molecule has 1 aromatic carbocycles. The van der Waals surface area contributed by atoms with Gasteiger partial charge < -0.3 is 10.2 Å². The molecule has 0 spiro atoms. The third kappa shape index (κ3) is 3.65. The number of nitrogens with zero attached hydrogens (tertiary/aromatic N) is 1. The van der Waals surface area contributed by atoms with Gasteiger partial charge in [0.15, 0.2) is 0 Å². The Balaban J connectivity index is 1.41. The Bertz CT molecular complexity index is 470. The Morgan fingerprint density at radius 2 is 1.86 bits per heavy atom. The number of likely N-dealkylation sites (tertiary alicyclic amines) is 1. The summed E-state index contributed by atoms with van der Waals surface area (Å²) in [6.07, 6.45) is 4.79. The van der Waals surface area contributed by atoms with Gasteiger partial charge in [0.25, 0.3) is 0 Å². The van der Waals surface area contributed by atoms with Gasteiger partial charge in [0, 0.05) is 26.2 Å². The SMILES string of the molecule is Cc1ccc(CCC2CCN(C(=O)C3CNC3)CC2)cc1. The molecular weight excluding hydrogens is 260 g/mol. The minimum absolute atomic E-state index is 0.258. The number of rotatable bonds is 4. The number of benzene rings is 1. The lowest BCUT2D eigenvalue weighted by atomic mass is 9.89. The van der Waals surface area contributed by atoms with E-state index in [0.29, 0.717) is 5.91 Å². The van der Waals surface area contributed by atoms with E-state index in [-0.39, 0.29) is 5.92 Å². The van der Waals surface area contributed by atoms with Crippen LogP contribution in [0, 0.1) is 18.8 Å². The highest BCUT2D eigenvalue weighted by Crippen LogP contribution is 2.24. The highest BCUT2D eigenvalue weighted by atomic mass is 16.2. The minimum Gasteiger partial charge on any atom is -0.342 e. The molecule has 1 amide bonds. The standard InChI is InChI=1S/C18H26N2O/c1-14-2-4-15(5-3-14)6-7-16-8-10-20(11-9-16)18(21)17-12-19-13-17/h2-5,16-17,19H,6-13H2,1H3. The summed E-state index contributed by atoms with van der Waals surface area (Å²) in [6, 6.07) is 8.89. The van der Waals surface area contributed by atoms with E-state index in [2.05, 4.69) is 41.4 Å². The minimum atomic E-state index is 0.258. The van der Waals surface area contributed by atoms with Crippen LogP contribution in [0.15, 0.2) is 24.3 Å². The molecule has 0 unspecified atom stereocenters. The molecule has 0 aliphatic carbocycles. The van der Waals surface area contributed by atoms with Crippen molar-refractivity contribution in [3.8, 4) is 0 Å². The predicted octanol–water partition coefficient (Wildman–Crippen LogP) is 2.39. The van der Waals surface area contributed by atoms with Crippen molar-refractivity contribution >= 4 is 5.91 Å². The van der Waals surface area contributed by atoms with Crippen molar-refractivity contribution in [1.29, 1.82) is 0 Å². The summed E-state index contributed by atoms with van der Waals surface area (Å²) in [4.78, 5) is 14.3. The second-order valence-electron chi connectivity index (χ2n) is 6.65. The third-order valence-electron chi connectivity index (χ3n) is 5.02. The van der Waals surface area contributed by atoms with Crippen LogP contribution in [0.4, 0.5) is 0 Å². The molecule has 2 fully saturated rings. The van der Waals surface area contributed by atoms with Gasteiger partial charge in [0.05, 0.1) is 5.92 Å². The monoisotopic (exact) mass is 286 g/mol. The second-order valence-corrected chi connectivity index (χ2v) is 6.65. The lowest BCUT2D eigenvalue weighted by molar-refractivity contribution is -0.138. The van der Waals surface area contributed by atoms with Crippen molar-refractivity contribution in [2.75, 3.05) is 26.2 Å². The van der Waals surface area contributed by atoms with Gasteiger partial charge in [-0.15, -0.1) is 0 Å². The summed E-state index contributed by atoms with van der Waals surface area (Å²) in [5, 5.41) is 3.18. The summed E-state index contributed by atoms with van der Waals surface area (Å²) >= 11 is 0. The molecule has 0 radical (unpaired) electrons. The van der Waals surface area contributed by atoms with Crippen molar-refractivity contribution in [2.45, 2.75) is 32.6 Å². The molecule has 114 valence electrons. The maximum atomic E-state index is 12.2. The number of nitrogens with one attached hydrogen (secondary N) is 1. The molecule has 1 N–H and O–H groups in total. The number of piperidine rings is 1. The van der Waals surface area contributed by atoms with Crippen LogP contribution in [-0.4, -0.2) is 37.0 Å². The molecule has 3 rings (SSSR count). The van der Waals surface area contributed by atoms with E-state index in [0.717, 1.165) is 32.1 Å². The van der Waals surface area contributed by atoms with E-state index >= 15 is 0 Å². The zero-order valence-electron chi connectivity index (χ0n) is 13.0. The van der Waals surface area contributed by atoms with Crippen LogP contribution in [0.25, 0.3) is 0 Å². The lowest BCUT2D eigenvalue weighted by Gasteiger charge is -2.37. The topological polar surface area (TPSA) is 32.3 Å². The first-order chi connectivity index (χ1) is 10.2. The first-order valence-corrected chi connectivity index (χ1v) is 8.27. The van der Waals surface area contributed by atoms with E-state index in [1.807, 2.05) is 0 Å². The molecule has 0 bridgehead atoms. The van der Waals surface area contributed by atoms with Crippen molar-refractivity contribution in [2.24, 2.45) is 11.8 Å². The largest absolute Gasteiger partial charge is 0.342 e. The van der Waals surface area contributed by atoms with E-state index in [1.165, 1.54) is 36.8 Å². The van der Waals surface area contributed by atoms with E-state index in [1.54, 1.807) is 0 Å². The van der Waals surface area contributed by atoms with Crippen LogP contribution >= 0.6 is 0 Å². The van der Waals surface area contributed by atoms with E-state index in [9.17, 15) is 4.79 Å². The van der Waals surface area contributed by atoms with Gasteiger partial charge >= 0.3 is 0 Å². The van der Waals surface area contributed by atoms with Crippen LogP contribution in [0.2, 0.25) is 0 Å². The molecular formula is C18H26N2O. The van der Waals surface area contributed by atoms with Crippen molar-refractivity contribution in [3.63, 3.8) is 0 Å². The summed E-state index contributed by atoms with van der Waals surface area (Å²) in [5.41, 5.74) is 2.77. The maximum absolute atomic E-state index is 12.2. The zero-order valence-corrected chi connectivity index (χ0v) is 13.0. The Morgan fingerprint density at radius 1 is 1.19 bits per heavy atom. The number of carbonyl (C=O) groups excluding carboxylic acids is 1. The van der Waals surface area contributed by atoms with Crippen LogP contribution in [-0.2, 0) is 11.2 Å². The second kappa shape index (κ2) is 6.61. The van der Waals surface area contributed by atoms with Crippen LogP contribution in [0.1, 0.15) is 30.4 Å². The quantitative estimate of drug-likeness (QED) is 0.922. The molecule has 2 heterocycles. The van der Waals surface area contributed by atoms with Gasteiger partial charge in [-0.3, -0.25) is 4.79 Å². The fourth-order valence-electron chi connectivity index (χ4n) is 3.29. The molecule has 21 heavy (non-hydrogen) atoms. The average molecular weight is 286 g/mol. The highest BCUT2D eigenvalue weighted by molar-refractivity contribution is 5.80. The molecule has 2 saturated heterocycles. The third-order valence-corrected chi connectivity index (χ3v) is 5.02. The predicted molar refractivity (Wildman–Crippen MR) is 85.2 cm³/mol. The van der Waals surface area contributed by atoms with Gasteiger partial charge in [0.2, 0.25) is 5.91 Å². The van der Waals surface area contributed by atoms with E-state index in [4.69, 9.17) is 0 Å². The highest BCUT2D eigenvalue weighted by Gasteiger charge is 2.31. The number of amides is 1. The summed E-state index contributed by atoms with van der Waals surface area (Å²) in [6.45, 7) is 5.83. The van der Waals surface area contributed by atoms with Gasteiger partial charge in [-0.05, 0) is 44.1 Å². The number of hydrogen-bond acceptors (Lipinski definition) is 2. The zero-order chi connectivity index (χ0) is 14.7. The van der Waals surface area contributed by atoms with Gasteiger partial charge in [0.1, 0.15) is 0 Å². The summed E-state index contributed by atoms with van der Waals surface area (Å²) in [7, 11) is 0. The number of carbonyl (C=O) groups is 1. The van der Waals surface area contributed by atoms with Crippen molar-refractivity contribution < 1.29 is 4.79 Å². The normalized spacial score (nSPS) is 20.3. The number of hydrogen-bond donors (Lipinski definition) is 1. The Morgan fingerprint density at radius 3 is 2.43 bits per heavy atom. The van der Waals surface area contributed by atoms with Crippen molar-refractivity contribution in [3.05, 3.63) is 35.4 Å². The Kier molecular flexibility index (Phi) is 4.59. The molecule has 2 aliphatic heterocycles.